The number of nitrogens with zero attached hydrogens (tertiary/aromatic N) is 2. The van der Waals surface area contributed by atoms with Crippen molar-refractivity contribution in [1.82, 2.24) is 9.55 Å². The maximum absolute atomic E-state index is 13.3. The summed E-state index contributed by atoms with van der Waals surface area (Å²) in [5, 5.41) is 13.8. The van der Waals surface area contributed by atoms with Gasteiger partial charge in [0, 0.05) is 10.9 Å². The minimum Gasteiger partial charge on any atom is -0.545 e. The molecule has 2 aromatic carbocycles. The van der Waals surface area contributed by atoms with Crippen molar-refractivity contribution in [2.75, 3.05) is 0 Å². The Morgan fingerprint density at radius 2 is 1.93 bits per heavy atom. The fourth-order valence-corrected chi connectivity index (χ4v) is 5.09. The van der Waals surface area contributed by atoms with Crippen LogP contribution in [0.15, 0.2) is 59.0 Å². The average Bonchev–Trinajstić information content (AvgIpc) is 3.20. The van der Waals surface area contributed by atoms with Gasteiger partial charge in [0.1, 0.15) is 4.83 Å². The van der Waals surface area contributed by atoms with Crippen LogP contribution in [0.25, 0.3) is 21.3 Å². The molecule has 0 aliphatic heterocycles. The standard InChI is InChI=1S/C24H20N2O3S/c27-23-21-20(18-9-8-16-5-1-2-6-17(16)11-18)13-30-22(21)25-14-26(23)12-15-4-3-7-19(10-15)24(28)29/h3-4,7-11,13-14H,1-2,5-6,12H2,(H,28,29)/p-1. The zero-order chi connectivity index (χ0) is 20.7. The number of rotatable bonds is 4. The first-order chi connectivity index (χ1) is 14.6. The van der Waals surface area contributed by atoms with Crippen LogP contribution in [-0.2, 0) is 19.4 Å². The Kier molecular flexibility index (Phi) is 4.71. The van der Waals surface area contributed by atoms with Gasteiger partial charge in [0.2, 0.25) is 0 Å². The zero-order valence-corrected chi connectivity index (χ0v) is 17.1. The smallest absolute Gasteiger partial charge is 0.263 e. The number of carbonyl (C=O) groups excluding carboxylic acids is 1. The molecule has 2 heterocycles. The van der Waals surface area contributed by atoms with E-state index in [1.165, 1.54) is 58.3 Å². The maximum Gasteiger partial charge on any atom is 0.263 e. The highest BCUT2D eigenvalue weighted by Gasteiger charge is 2.16. The van der Waals surface area contributed by atoms with Gasteiger partial charge >= 0.3 is 0 Å². The van der Waals surface area contributed by atoms with Crippen molar-refractivity contribution in [1.29, 1.82) is 0 Å². The summed E-state index contributed by atoms with van der Waals surface area (Å²) in [6, 6.07) is 13.0. The number of aromatic carboxylic acids is 1. The van der Waals surface area contributed by atoms with Gasteiger partial charge in [-0.2, -0.15) is 0 Å². The lowest BCUT2D eigenvalue weighted by molar-refractivity contribution is -0.255. The van der Waals surface area contributed by atoms with E-state index in [0.29, 0.717) is 15.8 Å². The van der Waals surface area contributed by atoms with Crippen molar-refractivity contribution in [3.63, 3.8) is 0 Å². The number of hydrogen-bond acceptors (Lipinski definition) is 5. The molecule has 0 saturated carbocycles. The van der Waals surface area contributed by atoms with Crippen LogP contribution in [0, 0.1) is 0 Å². The van der Waals surface area contributed by atoms with Crippen LogP contribution in [-0.4, -0.2) is 15.5 Å². The van der Waals surface area contributed by atoms with Crippen LogP contribution in [0.2, 0.25) is 0 Å². The van der Waals surface area contributed by atoms with Gasteiger partial charge in [-0.1, -0.05) is 36.4 Å². The molecule has 0 radical (unpaired) electrons. The predicted octanol–water partition coefficient (Wildman–Crippen LogP) is 3.42. The highest BCUT2D eigenvalue weighted by atomic mass is 32.1. The Balaban J connectivity index is 1.57. The van der Waals surface area contributed by atoms with Crippen molar-refractivity contribution in [2.45, 2.75) is 32.2 Å². The Bertz CT molecular complexity index is 1340. The molecule has 5 rings (SSSR count). The fraction of sp³-hybridized carbons (Fsp3) is 0.208. The number of hydrogen-bond donors (Lipinski definition) is 0. The molecule has 0 fully saturated rings. The second kappa shape index (κ2) is 7.54. The minimum atomic E-state index is -1.23. The monoisotopic (exact) mass is 415 g/mol. The van der Waals surface area contributed by atoms with Gasteiger partial charge in [0.05, 0.1) is 24.2 Å². The van der Waals surface area contributed by atoms with E-state index in [4.69, 9.17) is 0 Å². The molecular formula is C24H19N2O3S-. The lowest BCUT2D eigenvalue weighted by atomic mass is 9.89. The largest absolute Gasteiger partial charge is 0.545 e. The van der Waals surface area contributed by atoms with Crippen LogP contribution < -0.4 is 10.7 Å². The van der Waals surface area contributed by atoms with Crippen LogP contribution >= 0.6 is 11.3 Å². The molecule has 0 bridgehead atoms. The van der Waals surface area contributed by atoms with Gasteiger partial charge in [0.15, 0.2) is 0 Å². The van der Waals surface area contributed by atoms with E-state index in [9.17, 15) is 14.7 Å². The Hall–Kier alpha value is -3.25. The number of aryl methyl sites for hydroxylation is 2. The highest BCUT2D eigenvalue weighted by Crippen LogP contribution is 2.33. The molecule has 4 aromatic rings. The van der Waals surface area contributed by atoms with Gasteiger partial charge in [-0.05, 0) is 59.6 Å². The van der Waals surface area contributed by atoms with Crippen LogP contribution in [0.5, 0.6) is 0 Å². The molecule has 0 spiro atoms. The Morgan fingerprint density at radius 1 is 1.10 bits per heavy atom. The van der Waals surface area contributed by atoms with E-state index in [1.54, 1.807) is 12.1 Å². The molecule has 0 atom stereocenters. The molecule has 6 heteroatoms. The lowest BCUT2D eigenvalue weighted by Gasteiger charge is -2.16. The normalized spacial score (nSPS) is 13.3. The summed E-state index contributed by atoms with van der Waals surface area (Å²) in [6.45, 7) is 0.252. The van der Waals surface area contributed by atoms with E-state index >= 15 is 0 Å². The van der Waals surface area contributed by atoms with Gasteiger partial charge < -0.3 is 9.90 Å². The third-order valence-electron chi connectivity index (χ3n) is 5.74. The number of thiophene rings is 1. The number of fused-ring (bicyclic) bond motifs is 2. The van der Waals surface area contributed by atoms with Crippen molar-refractivity contribution >= 4 is 27.5 Å². The van der Waals surface area contributed by atoms with Crippen molar-refractivity contribution in [2.24, 2.45) is 0 Å². The van der Waals surface area contributed by atoms with Crippen molar-refractivity contribution in [3.05, 3.63) is 86.8 Å². The summed E-state index contributed by atoms with van der Waals surface area (Å²) < 4.78 is 1.53. The van der Waals surface area contributed by atoms with E-state index in [2.05, 4.69) is 23.2 Å². The first kappa shape index (κ1) is 18.8. The predicted molar refractivity (Wildman–Crippen MR) is 116 cm³/mol. The molecule has 150 valence electrons. The quantitative estimate of drug-likeness (QED) is 0.512. The van der Waals surface area contributed by atoms with E-state index in [1.807, 2.05) is 5.38 Å². The number of carbonyl (C=O) groups is 1. The van der Waals surface area contributed by atoms with E-state index < -0.39 is 5.97 Å². The van der Waals surface area contributed by atoms with Gasteiger partial charge in [-0.15, -0.1) is 11.3 Å². The molecule has 0 saturated heterocycles. The number of benzene rings is 2. The van der Waals surface area contributed by atoms with Gasteiger partial charge in [-0.3, -0.25) is 9.36 Å². The number of aromatic nitrogens is 2. The Labute approximate surface area is 177 Å². The summed E-state index contributed by atoms with van der Waals surface area (Å²) in [7, 11) is 0. The third kappa shape index (κ3) is 3.33. The van der Waals surface area contributed by atoms with E-state index in [-0.39, 0.29) is 17.7 Å². The first-order valence-electron chi connectivity index (χ1n) is 9.99. The summed E-state index contributed by atoms with van der Waals surface area (Å²) in [4.78, 5) is 29.6. The van der Waals surface area contributed by atoms with Crippen LogP contribution in [0.4, 0.5) is 0 Å². The molecule has 0 unspecified atom stereocenters. The summed E-state index contributed by atoms with van der Waals surface area (Å²) in [5.74, 6) is -1.23. The molecule has 1 aliphatic rings. The number of carboxylic acid groups (broad SMARTS) is 1. The van der Waals surface area contributed by atoms with Crippen molar-refractivity contribution < 1.29 is 9.90 Å². The Morgan fingerprint density at radius 3 is 2.77 bits per heavy atom. The van der Waals surface area contributed by atoms with E-state index in [0.717, 1.165) is 24.0 Å². The molecule has 2 aromatic heterocycles. The second-order valence-corrected chi connectivity index (χ2v) is 8.54. The fourth-order valence-electron chi connectivity index (χ4n) is 4.19. The summed E-state index contributed by atoms with van der Waals surface area (Å²) in [6.07, 6.45) is 6.19. The molecule has 5 nitrogen and oxygen atoms in total. The first-order valence-corrected chi connectivity index (χ1v) is 10.9. The van der Waals surface area contributed by atoms with Crippen LogP contribution in [0.3, 0.4) is 0 Å². The van der Waals surface area contributed by atoms with Gasteiger partial charge in [-0.25, -0.2) is 4.98 Å². The number of carboxylic acids is 1. The lowest BCUT2D eigenvalue weighted by Crippen LogP contribution is -2.23. The summed E-state index contributed by atoms with van der Waals surface area (Å²) >= 11 is 1.47. The highest BCUT2D eigenvalue weighted by molar-refractivity contribution is 7.17. The minimum absolute atomic E-state index is 0.0971. The molecule has 0 amide bonds. The molecule has 30 heavy (non-hydrogen) atoms. The molecule has 0 N–H and O–H groups in total. The summed E-state index contributed by atoms with van der Waals surface area (Å²) in [5.41, 5.74) is 5.45. The van der Waals surface area contributed by atoms with Gasteiger partial charge in [0.25, 0.3) is 5.56 Å². The zero-order valence-electron chi connectivity index (χ0n) is 16.3. The van der Waals surface area contributed by atoms with Crippen LogP contribution in [0.1, 0.15) is 39.9 Å². The SMILES string of the molecule is O=C([O-])c1cccc(Cn2cnc3scc(-c4ccc5c(c4)CCCC5)c3c2=O)c1. The topological polar surface area (TPSA) is 75.0 Å². The second-order valence-electron chi connectivity index (χ2n) is 7.69. The maximum atomic E-state index is 13.3. The average molecular weight is 415 g/mol. The van der Waals surface area contributed by atoms with Crippen molar-refractivity contribution in [3.8, 4) is 11.1 Å². The third-order valence-corrected chi connectivity index (χ3v) is 6.62. The molecular weight excluding hydrogens is 396 g/mol. The molecule has 1 aliphatic carbocycles.